The average Bonchev–Trinajstić information content (AvgIpc) is 2.36. The summed E-state index contributed by atoms with van der Waals surface area (Å²) in [4.78, 5) is 0. The van der Waals surface area contributed by atoms with Gasteiger partial charge in [0.15, 0.2) is 0 Å². The molecule has 80 valence electrons. The van der Waals surface area contributed by atoms with Gasteiger partial charge in [0, 0.05) is 0 Å². The predicted octanol–water partition coefficient (Wildman–Crippen LogP) is 4.89. The average molecular weight is 184 g/mol. The third kappa shape index (κ3) is 9.92. The van der Waals surface area contributed by atoms with E-state index in [-0.39, 0.29) is 0 Å². The molecule has 13 heavy (non-hydrogen) atoms. The van der Waals surface area contributed by atoms with Gasteiger partial charge < -0.3 is 0 Å². The summed E-state index contributed by atoms with van der Waals surface area (Å²) in [7, 11) is 0. The Morgan fingerprint density at radius 3 is 1.62 bits per heavy atom. The van der Waals surface area contributed by atoms with E-state index in [0.29, 0.717) is 0 Å². The van der Waals surface area contributed by atoms with Crippen molar-refractivity contribution >= 4 is 0 Å². The third-order valence-electron chi connectivity index (χ3n) is 2.28. The van der Waals surface area contributed by atoms with Crippen LogP contribution in [0.1, 0.15) is 66.7 Å². The Morgan fingerprint density at radius 2 is 1.31 bits per heavy atom. The van der Waals surface area contributed by atoms with Crippen LogP contribution in [0.5, 0.6) is 0 Å². The maximum absolute atomic E-state index is 2.33. The molecule has 1 fully saturated rings. The van der Waals surface area contributed by atoms with Gasteiger partial charge in [0.2, 0.25) is 0 Å². The summed E-state index contributed by atoms with van der Waals surface area (Å²) in [6.07, 6.45) is 7.49. The maximum atomic E-state index is 2.33. The maximum Gasteiger partial charge on any atom is -0.0412 e. The summed E-state index contributed by atoms with van der Waals surface area (Å²) in [6.45, 7) is 11.2. The molecular formula is C13H28. The second kappa shape index (κ2) is 7.41. The van der Waals surface area contributed by atoms with Gasteiger partial charge in [-0.2, -0.15) is 0 Å². The Kier molecular flexibility index (Phi) is 7.41. The molecule has 0 spiro atoms. The molecule has 1 saturated carbocycles. The molecule has 0 heteroatoms. The minimum atomic E-state index is 0.833. The molecule has 0 radical (unpaired) electrons. The Bertz CT molecular complexity index is 93.9. The normalized spacial score (nSPS) is 17.8. The smallest absolute Gasteiger partial charge is 0.0412 e. The molecule has 0 aromatic heterocycles. The zero-order valence-electron chi connectivity index (χ0n) is 10.3. The molecule has 0 heterocycles. The van der Waals surface area contributed by atoms with Crippen molar-refractivity contribution in [2.75, 3.05) is 0 Å². The van der Waals surface area contributed by atoms with Gasteiger partial charge in [0.25, 0.3) is 0 Å². The lowest BCUT2D eigenvalue weighted by atomic mass is 9.96. The van der Waals surface area contributed by atoms with Gasteiger partial charge in [0.05, 0.1) is 0 Å². The minimum Gasteiger partial charge on any atom is -0.0630 e. The first-order chi connectivity index (χ1) is 6.02. The highest BCUT2D eigenvalue weighted by molar-refractivity contribution is 4.68. The molecule has 0 aromatic carbocycles. The van der Waals surface area contributed by atoms with E-state index in [1.165, 1.54) is 32.1 Å². The highest BCUT2D eigenvalue weighted by atomic mass is 14.2. The second-order valence-corrected chi connectivity index (χ2v) is 5.51. The van der Waals surface area contributed by atoms with Gasteiger partial charge in [-0.15, -0.1) is 0 Å². The highest BCUT2D eigenvalue weighted by Crippen LogP contribution is 2.29. The number of rotatable bonds is 2. The Labute approximate surface area is 85.1 Å². The van der Waals surface area contributed by atoms with Gasteiger partial charge >= 0.3 is 0 Å². The Morgan fingerprint density at radius 1 is 0.923 bits per heavy atom. The van der Waals surface area contributed by atoms with Crippen LogP contribution in [0.2, 0.25) is 0 Å². The SMILES string of the molecule is CC(C)C.CC(C)CC1CCCC1. The van der Waals surface area contributed by atoms with Crippen LogP contribution < -0.4 is 0 Å². The number of hydrogen-bond acceptors (Lipinski definition) is 0. The van der Waals surface area contributed by atoms with Gasteiger partial charge in [-0.3, -0.25) is 0 Å². The van der Waals surface area contributed by atoms with Crippen molar-refractivity contribution < 1.29 is 0 Å². The van der Waals surface area contributed by atoms with Gasteiger partial charge in [-0.05, 0) is 24.2 Å². The third-order valence-corrected chi connectivity index (χ3v) is 2.28. The zero-order valence-corrected chi connectivity index (χ0v) is 10.3. The van der Waals surface area contributed by atoms with Crippen molar-refractivity contribution in [1.29, 1.82) is 0 Å². The lowest BCUT2D eigenvalue weighted by Gasteiger charge is -2.10. The van der Waals surface area contributed by atoms with Crippen LogP contribution in [0.4, 0.5) is 0 Å². The summed E-state index contributed by atoms with van der Waals surface area (Å²) in [5.74, 6) is 2.85. The fourth-order valence-electron chi connectivity index (χ4n) is 1.91. The van der Waals surface area contributed by atoms with E-state index < -0.39 is 0 Å². The van der Waals surface area contributed by atoms with Gasteiger partial charge in [-0.1, -0.05) is 60.3 Å². The predicted molar refractivity (Wildman–Crippen MR) is 61.9 cm³/mol. The molecule has 0 nitrogen and oxygen atoms in total. The van der Waals surface area contributed by atoms with Crippen molar-refractivity contribution in [2.45, 2.75) is 66.7 Å². The van der Waals surface area contributed by atoms with E-state index in [9.17, 15) is 0 Å². The molecule has 0 amide bonds. The van der Waals surface area contributed by atoms with Crippen molar-refractivity contribution in [3.05, 3.63) is 0 Å². The van der Waals surface area contributed by atoms with Crippen LogP contribution in [0.25, 0.3) is 0 Å². The lowest BCUT2D eigenvalue weighted by molar-refractivity contribution is 0.419. The van der Waals surface area contributed by atoms with Crippen LogP contribution >= 0.6 is 0 Å². The minimum absolute atomic E-state index is 0.833. The highest BCUT2D eigenvalue weighted by Gasteiger charge is 2.15. The topological polar surface area (TPSA) is 0 Å². The van der Waals surface area contributed by atoms with Crippen molar-refractivity contribution in [3.63, 3.8) is 0 Å². The second-order valence-electron chi connectivity index (χ2n) is 5.51. The van der Waals surface area contributed by atoms with Gasteiger partial charge in [-0.25, -0.2) is 0 Å². The summed E-state index contributed by atoms with van der Waals surface area (Å²) in [5, 5.41) is 0. The molecular weight excluding hydrogens is 156 g/mol. The molecule has 0 aromatic rings. The van der Waals surface area contributed by atoms with E-state index >= 15 is 0 Å². The summed E-state index contributed by atoms with van der Waals surface area (Å²) < 4.78 is 0. The molecule has 0 aliphatic heterocycles. The van der Waals surface area contributed by atoms with Crippen LogP contribution in [-0.2, 0) is 0 Å². The zero-order chi connectivity index (χ0) is 10.3. The van der Waals surface area contributed by atoms with E-state index in [0.717, 1.165) is 17.8 Å². The summed E-state index contributed by atoms with van der Waals surface area (Å²) >= 11 is 0. The first-order valence-corrected chi connectivity index (χ1v) is 6.02. The van der Waals surface area contributed by atoms with E-state index in [2.05, 4.69) is 34.6 Å². The quantitative estimate of drug-likeness (QED) is 0.573. The van der Waals surface area contributed by atoms with Crippen molar-refractivity contribution in [2.24, 2.45) is 17.8 Å². The summed E-state index contributed by atoms with van der Waals surface area (Å²) in [5.41, 5.74) is 0. The van der Waals surface area contributed by atoms with Crippen LogP contribution in [0, 0.1) is 17.8 Å². The monoisotopic (exact) mass is 184 g/mol. The Balaban J connectivity index is 0.000000310. The summed E-state index contributed by atoms with van der Waals surface area (Å²) in [6, 6.07) is 0. The molecule has 1 aliphatic carbocycles. The fraction of sp³-hybridized carbons (Fsp3) is 1.00. The van der Waals surface area contributed by atoms with Crippen LogP contribution in [-0.4, -0.2) is 0 Å². The standard InChI is InChI=1S/C9H18.C4H10/c1-8(2)7-9-5-3-4-6-9;1-4(2)3/h8-9H,3-7H2,1-2H3;4H,1-3H3. The first kappa shape index (κ1) is 13.0. The van der Waals surface area contributed by atoms with E-state index in [4.69, 9.17) is 0 Å². The van der Waals surface area contributed by atoms with Crippen molar-refractivity contribution in [3.8, 4) is 0 Å². The van der Waals surface area contributed by atoms with Crippen LogP contribution in [0.15, 0.2) is 0 Å². The molecule has 1 rings (SSSR count). The van der Waals surface area contributed by atoms with E-state index in [1.807, 2.05) is 0 Å². The molecule has 1 aliphatic rings. The van der Waals surface area contributed by atoms with E-state index in [1.54, 1.807) is 0 Å². The lowest BCUT2D eigenvalue weighted by Crippen LogP contribution is -1.98. The number of hydrogen-bond donors (Lipinski definition) is 0. The molecule has 0 atom stereocenters. The van der Waals surface area contributed by atoms with Gasteiger partial charge in [0.1, 0.15) is 0 Å². The van der Waals surface area contributed by atoms with Crippen LogP contribution in [0.3, 0.4) is 0 Å². The van der Waals surface area contributed by atoms with Crippen molar-refractivity contribution in [1.82, 2.24) is 0 Å². The molecule has 0 unspecified atom stereocenters. The largest absolute Gasteiger partial charge is 0.0630 e. The fourth-order valence-corrected chi connectivity index (χ4v) is 1.91. The first-order valence-electron chi connectivity index (χ1n) is 6.02. The molecule has 0 saturated heterocycles. The Hall–Kier alpha value is 0. The molecule has 0 bridgehead atoms. The molecule has 0 N–H and O–H groups in total.